The van der Waals surface area contributed by atoms with Gasteiger partial charge in [-0.3, -0.25) is 0 Å². The van der Waals surface area contributed by atoms with Crippen LogP contribution >= 0.6 is 15.9 Å². The molecule has 6 heteroatoms. The van der Waals surface area contributed by atoms with Crippen molar-refractivity contribution >= 4 is 31.6 Å². The van der Waals surface area contributed by atoms with Gasteiger partial charge in [-0.25, -0.2) is 8.42 Å². The van der Waals surface area contributed by atoms with E-state index >= 15 is 0 Å². The van der Waals surface area contributed by atoms with E-state index in [1.165, 1.54) is 10.4 Å². The first-order valence-electron chi connectivity index (χ1n) is 5.37. The molecule has 17 heavy (non-hydrogen) atoms. The molecule has 4 nitrogen and oxygen atoms in total. The van der Waals surface area contributed by atoms with Gasteiger partial charge < -0.3 is 5.73 Å². The maximum atomic E-state index is 12.4. The largest absolute Gasteiger partial charge is 0.399 e. The van der Waals surface area contributed by atoms with Crippen LogP contribution in [0.3, 0.4) is 0 Å². The Morgan fingerprint density at radius 3 is 2.41 bits per heavy atom. The Kier molecular flexibility index (Phi) is 4.57. The first kappa shape index (κ1) is 14.5. The van der Waals surface area contributed by atoms with E-state index in [1.54, 1.807) is 12.1 Å². The highest BCUT2D eigenvalue weighted by Crippen LogP contribution is 2.27. The van der Waals surface area contributed by atoms with Crippen LogP contribution in [0.1, 0.15) is 20.8 Å². The van der Waals surface area contributed by atoms with Crippen LogP contribution in [0.25, 0.3) is 0 Å². The molecule has 0 saturated carbocycles. The zero-order valence-corrected chi connectivity index (χ0v) is 12.5. The van der Waals surface area contributed by atoms with Crippen molar-refractivity contribution in [3.05, 3.63) is 22.7 Å². The quantitative estimate of drug-likeness (QED) is 0.867. The average Bonchev–Trinajstić information content (AvgIpc) is 2.16. The molecule has 0 aromatic heterocycles. The second-order valence-electron chi connectivity index (χ2n) is 3.99. The van der Waals surface area contributed by atoms with Gasteiger partial charge in [-0.15, -0.1) is 0 Å². The first-order chi connectivity index (χ1) is 7.80. The van der Waals surface area contributed by atoms with E-state index in [9.17, 15) is 8.42 Å². The molecule has 0 heterocycles. The SMILES string of the molecule is CCN(C(C)C)S(=O)(=O)c1ccc(N)cc1Br. The molecule has 96 valence electrons. The molecule has 0 amide bonds. The number of halogens is 1. The number of anilines is 1. The van der Waals surface area contributed by atoms with Crippen molar-refractivity contribution in [3.8, 4) is 0 Å². The maximum Gasteiger partial charge on any atom is 0.244 e. The summed E-state index contributed by atoms with van der Waals surface area (Å²) in [6.07, 6.45) is 0. The third kappa shape index (κ3) is 3.00. The molecular formula is C11H17BrN2O2S. The van der Waals surface area contributed by atoms with Crippen LogP contribution in [-0.4, -0.2) is 25.3 Å². The van der Waals surface area contributed by atoms with Crippen LogP contribution in [0.4, 0.5) is 5.69 Å². The van der Waals surface area contributed by atoms with Gasteiger partial charge in [-0.2, -0.15) is 4.31 Å². The molecule has 0 spiro atoms. The zero-order chi connectivity index (χ0) is 13.2. The fourth-order valence-electron chi connectivity index (χ4n) is 1.67. The zero-order valence-electron chi connectivity index (χ0n) is 10.1. The van der Waals surface area contributed by atoms with Crippen LogP contribution < -0.4 is 5.73 Å². The highest BCUT2D eigenvalue weighted by molar-refractivity contribution is 9.10. The molecule has 0 aliphatic carbocycles. The molecule has 0 radical (unpaired) electrons. The Balaban J connectivity index is 3.30. The summed E-state index contributed by atoms with van der Waals surface area (Å²) < 4.78 is 26.7. The average molecular weight is 321 g/mol. The molecule has 1 rings (SSSR count). The van der Waals surface area contributed by atoms with E-state index in [4.69, 9.17) is 5.73 Å². The van der Waals surface area contributed by atoms with Gasteiger partial charge in [0.05, 0.1) is 4.90 Å². The van der Waals surface area contributed by atoms with Crippen molar-refractivity contribution in [1.29, 1.82) is 0 Å². The van der Waals surface area contributed by atoms with Crippen LogP contribution in [0.15, 0.2) is 27.6 Å². The summed E-state index contributed by atoms with van der Waals surface area (Å²) in [5.41, 5.74) is 6.13. The van der Waals surface area contributed by atoms with Crippen molar-refractivity contribution in [2.45, 2.75) is 31.7 Å². The van der Waals surface area contributed by atoms with E-state index in [0.29, 0.717) is 16.7 Å². The van der Waals surface area contributed by atoms with Crippen molar-refractivity contribution in [2.24, 2.45) is 0 Å². The highest BCUT2D eigenvalue weighted by Gasteiger charge is 2.27. The Bertz CT molecular complexity index is 500. The van der Waals surface area contributed by atoms with Crippen molar-refractivity contribution < 1.29 is 8.42 Å². The Hall–Kier alpha value is -0.590. The maximum absolute atomic E-state index is 12.4. The number of nitrogen functional groups attached to an aromatic ring is 1. The summed E-state index contributed by atoms with van der Waals surface area (Å²) >= 11 is 3.24. The van der Waals surface area contributed by atoms with Crippen LogP contribution in [0.5, 0.6) is 0 Å². The fraction of sp³-hybridized carbons (Fsp3) is 0.455. The molecular weight excluding hydrogens is 304 g/mol. The van der Waals surface area contributed by atoms with Gasteiger partial charge >= 0.3 is 0 Å². The number of benzene rings is 1. The van der Waals surface area contributed by atoms with Gasteiger partial charge in [-0.1, -0.05) is 6.92 Å². The second-order valence-corrected chi connectivity index (χ2v) is 6.71. The third-order valence-corrected chi connectivity index (χ3v) is 5.56. The number of hydrogen-bond acceptors (Lipinski definition) is 3. The summed E-state index contributed by atoms with van der Waals surface area (Å²) in [5.74, 6) is 0. The van der Waals surface area contributed by atoms with Gasteiger partial charge in [0.15, 0.2) is 0 Å². The lowest BCUT2D eigenvalue weighted by Gasteiger charge is -2.24. The minimum Gasteiger partial charge on any atom is -0.399 e. The van der Waals surface area contributed by atoms with Crippen molar-refractivity contribution in [2.75, 3.05) is 12.3 Å². The lowest BCUT2D eigenvalue weighted by Crippen LogP contribution is -2.36. The van der Waals surface area contributed by atoms with E-state index in [0.717, 1.165) is 0 Å². The van der Waals surface area contributed by atoms with E-state index in [1.807, 2.05) is 20.8 Å². The summed E-state index contributed by atoms with van der Waals surface area (Å²) in [6, 6.07) is 4.64. The van der Waals surface area contributed by atoms with Gasteiger partial charge in [0.25, 0.3) is 0 Å². The van der Waals surface area contributed by atoms with E-state index in [2.05, 4.69) is 15.9 Å². The molecule has 0 atom stereocenters. The second kappa shape index (κ2) is 5.37. The lowest BCUT2D eigenvalue weighted by atomic mass is 10.3. The predicted molar refractivity (Wildman–Crippen MR) is 73.3 cm³/mol. The molecule has 0 aliphatic rings. The van der Waals surface area contributed by atoms with Crippen LogP contribution in [0.2, 0.25) is 0 Å². The minimum atomic E-state index is -3.47. The van der Waals surface area contributed by atoms with E-state index < -0.39 is 10.0 Å². The Morgan fingerprint density at radius 2 is 2.00 bits per heavy atom. The molecule has 0 bridgehead atoms. The van der Waals surface area contributed by atoms with Crippen molar-refractivity contribution in [3.63, 3.8) is 0 Å². The monoisotopic (exact) mass is 320 g/mol. The van der Waals surface area contributed by atoms with Gasteiger partial charge in [0.1, 0.15) is 0 Å². The smallest absolute Gasteiger partial charge is 0.244 e. The number of hydrogen-bond donors (Lipinski definition) is 1. The normalized spacial score (nSPS) is 12.4. The van der Waals surface area contributed by atoms with Crippen molar-refractivity contribution in [1.82, 2.24) is 4.31 Å². The first-order valence-corrected chi connectivity index (χ1v) is 7.61. The summed E-state index contributed by atoms with van der Waals surface area (Å²) in [5, 5.41) is 0. The number of nitrogens with zero attached hydrogens (tertiary/aromatic N) is 1. The van der Waals surface area contributed by atoms with Crippen LogP contribution in [-0.2, 0) is 10.0 Å². The van der Waals surface area contributed by atoms with Crippen LogP contribution in [0, 0.1) is 0 Å². The molecule has 1 aromatic carbocycles. The lowest BCUT2D eigenvalue weighted by molar-refractivity contribution is 0.369. The standard InChI is InChI=1S/C11H17BrN2O2S/c1-4-14(8(2)3)17(15,16)11-6-5-9(13)7-10(11)12/h5-8H,4,13H2,1-3H3. The fourth-order valence-corrected chi connectivity index (χ4v) is 4.37. The summed E-state index contributed by atoms with van der Waals surface area (Å²) in [6.45, 7) is 5.97. The van der Waals surface area contributed by atoms with Gasteiger partial charge in [0, 0.05) is 22.7 Å². The highest BCUT2D eigenvalue weighted by atomic mass is 79.9. The number of sulfonamides is 1. The summed E-state index contributed by atoms with van der Waals surface area (Å²) in [7, 11) is -3.47. The minimum absolute atomic E-state index is 0.0746. The predicted octanol–water partition coefficient (Wildman–Crippen LogP) is 2.45. The van der Waals surface area contributed by atoms with Gasteiger partial charge in [-0.05, 0) is 48.0 Å². The van der Waals surface area contributed by atoms with Gasteiger partial charge in [0.2, 0.25) is 10.0 Å². The Labute approximate surface area is 111 Å². The Morgan fingerprint density at radius 1 is 1.41 bits per heavy atom. The summed E-state index contributed by atoms with van der Waals surface area (Å²) in [4.78, 5) is 0.252. The molecule has 0 aliphatic heterocycles. The molecule has 1 aromatic rings. The topological polar surface area (TPSA) is 63.4 Å². The van der Waals surface area contributed by atoms with E-state index in [-0.39, 0.29) is 10.9 Å². The third-order valence-electron chi connectivity index (χ3n) is 2.43. The molecule has 0 unspecified atom stereocenters. The number of nitrogens with two attached hydrogens (primary N) is 1. The number of rotatable bonds is 4. The molecule has 0 saturated heterocycles. The molecule has 2 N–H and O–H groups in total. The molecule has 0 fully saturated rings.